The number of ketones is 1. The molecule has 30 heavy (non-hydrogen) atoms. The molecule has 1 aromatic carbocycles. The maximum Gasteiger partial charge on any atom is 0.361 e. The molecule has 0 aliphatic heterocycles. The lowest BCUT2D eigenvalue weighted by molar-refractivity contribution is -0.385. The summed E-state index contributed by atoms with van der Waals surface area (Å²) < 4.78 is 20.5. The Balaban J connectivity index is 2.60. The standard InChI is InChI=1S/C18H22N4O8/c1-6-29-18(24)16-15(19-21(20-16)9-30-10(2)3)17(23)11-7-13(27-4)14(28-5)8-12(11)22(25)26/h7-8,10H,6,9H2,1-5H3. The number of hydrogen-bond acceptors (Lipinski definition) is 10. The number of nitro benzene ring substituents is 1. The van der Waals surface area contributed by atoms with Gasteiger partial charge in [-0.15, -0.1) is 10.2 Å². The molecule has 0 aliphatic rings. The van der Waals surface area contributed by atoms with Gasteiger partial charge in [-0.25, -0.2) is 4.79 Å². The summed E-state index contributed by atoms with van der Waals surface area (Å²) in [6.07, 6.45) is -0.159. The topological polar surface area (TPSA) is 145 Å². The first-order chi connectivity index (χ1) is 14.2. The normalized spacial score (nSPS) is 10.7. The number of carbonyl (C=O) groups is 2. The number of carbonyl (C=O) groups excluding carboxylic acids is 2. The number of rotatable bonds is 10. The van der Waals surface area contributed by atoms with Crippen molar-refractivity contribution in [1.82, 2.24) is 15.0 Å². The molecular weight excluding hydrogens is 400 g/mol. The first kappa shape index (κ1) is 22.7. The Bertz CT molecular complexity index is 954. The summed E-state index contributed by atoms with van der Waals surface area (Å²) >= 11 is 0. The number of ether oxygens (including phenoxy) is 4. The highest BCUT2D eigenvalue weighted by Crippen LogP contribution is 2.35. The highest BCUT2D eigenvalue weighted by Gasteiger charge is 2.32. The van der Waals surface area contributed by atoms with Crippen molar-refractivity contribution in [3.05, 3.63) is 39.2 Å². The van der Waals surface area contributed by atoms with Gasteiger partial charge in [0.25, 0.3) is 5.69 Å². The first-order valence-corrected chi connectivity index (χ1v) is 8.92. The van der Waals surface area contributed by atoms with Gasteiger partial charge in [0, 0.05) is 6.07 Å². The first-order valence-electron chi connectivity index (χ1n) is 8.92. The summed E-state index contributed by atoms with van der Waals surface area (Å²) in [6.45, 7) is 5.07. The molecule has 0 fully saturated rings. The van der Waals surface area contributed by atoms with Crippen LogP contribution in [0.2, 0.25) is 0 Å². The Morgan fingerprint density at radius 2 is 1.73 bits per heavy atom. The molecule has 2 rings (SSSR count). The molecule has 0 radical (unpaired) electrons. The molecule has 0 spiro atoms. The van der Waals surface area contributed by atoms with Crippen LogP contribution in [0, 0.1) is 10.1 Å². The number of benzene rings is 1. The molecule has 1 aromatic heterocycles. The third kappa shape index (κ3) is 4.89. The quantitative estimate of drug-likeness (QED) is 0.241. The van der Waals surface area contributed by atoms with Crippen molar-refractivity contribution in [2.24, 2.45) is 0 Å². The minimum atomic E-state index is -0.901. The Labute approximate surface area is 171 Å². The van der Waals surface area contributed by atoms with Gasteiger partial charge < -0.3 is 18.9 Å². The third-order valence-electron chi connectivity index (χ3n) is 3.81. The van der Waals surface area contributed by atoms with Crippen molar-refractivity contribution >= 4 is 17.4 Å². The number of methoxy groups -OCH3 is 2. The van der Waals surface area contributed by atoms with Gasteiger partial charge in [0.15, 0.2) is 23.9 Å². The fourth-order valence-electron chi connectivity index (χ4n) is 2.44. The smallest absolute Gasteiger partial charge is 0.361 e. The molecule has 0 saturated carbocycles. The van der Waals surface area contributed by atoms with E-state index in [0.29, 0.717) is 0 Å². The maximum atomic E-state index is 13.2. The van der Waals surface area contributed by atoms with Crippen LogP contribution in [0.1, 0.15) is 47.3 Å². The van der Waals surface area contributed by atoms with Gasteiger partial charge in [0.05, 0.1) is 37.9 Å². The fourth-order valence-corrected chi connectivity index (χ4v) is 2.44. The molecule has 0 aliphatic carbocycles. The Hall–Kier alpha value is -3.54. The van der Waals surface area contributed by atoms with Crippen LogP contribution in [0.3, 0.4) is 0 Å². The average molecular weight is 422 g/mol. The van der Waals surface area contributed by atoms with E-state index in [9.17, 15) is 19.7 Å². The van der Waals surface area contributed by atoms with Crippen LogP contribution in [-0.2, 0) is 16.2 Å². The van der Waals surface area contributed by atoms with Crippen LogP contribution in [-0.4, -0.2) is 58.6 Å². The van der Waals surface area contributed by atoms with E-state index in [1.165, 1.54) is 14.2 Å². The van der Waals surface area contributed by atoms with Gasteiger partial charge >= 0.3 is 5.97 Å². The summed E-state index contributed by atoms with van der Waals surface area (Å²) in [6, 6.07) is 2.21. The van der Waals surface area contributed by atoms with Crippen molar-refractivity contribution < 1.29 is 33.5 Å². The molecule has 1 heterocycles. The van der Waals surface area contributed by atoms with Crippen molar-refractivity contribution in [3.63, 3.8) is 0 Å². The van der Waals surface area contributed by atoms with Crippen LogP contribution >= 0.6 is 0 Å². The molecule has 12 heteroatoms. The second-order valence-corrected chi connectivity index (χ2v) is 6.15. The van der Waals surface area contributed by atoms with E-state index >= 15 is 0 Å². The summed E-state index contributed by atoms with van der Waals surface area (Å²) in [4.78, 5) is 37.2. The zero-order valence-electron chi connectivity index (χ0n) is 17.2. The van der Waals surface area contributed by atoms with Crippen LogP contribution < -0.4 is 9.47 Å². The van der Waals surface area contributed by atoms with Gasteiger partial charge in [-0.1, -0.05) is 0 Å². The minimum absolute atomic E-state index is 0.0400. The fraction of sp³-hybridized carbons (Fsp3) is 0.444. The summed E-state index contributed by atoms with van der Waals surface area (Å²) in [7, 11) is 2.63. The average Bonchev–Trinajstić information content (AvgIpc) is 3.15. The second kappa shape index (κ2) is 9.78. The molecule has 0 unspecified atom stereocenters. The number of aromatic nitrogens is 3. The monoisotopic (exact) mass is 422 g/mol. The predicted molar refractivity (Wildman–Crippen MR) is 102 cm³/mol. The van der Waals surface area contributed by atoms with E-state index in [2.05, 4.69) is 10.2 Å². The van der Waals surface area contributed by atoms with Crippen LogP contribution in [0.5, 0.6) is 11.5 Å². The SMILES string of the molecule is CCOC(=O)c1nn(COC(C)C)nc1C(=O)c1cc(OC)c(OC)cc1[N+](=O)[O-]. The molecule has 0 bridgehead atoms. The molecule has 0 N–H and O–H groups in total. The lowest BCUT2D eigenvalue weighted by atomic mass is 10.0. The van der Waals surface area contributed by atoms with Gasteiger partial charge in [-0.05, 0) is 20.8 Å². The lowest BCUT2D eigenvalue weighted by Gasteiger charge is -2.09. The molecule has 12 nitrogen and oxygen atoms in total. The second-order valence-electron chi connectivity index (χ2n) is 6.15. The molecule has 0 atom stereocenters. The van der Waals surface area contributed by atoms with Crippen LogP contribution in [0.25, 0.3) is 0 Å². The Morgan fingerprint density at radius 1 is 1.13 bits per heavy atom. The van der Waals surface area contributed by atoms with Crippen LogP contribution in [0.4, 0.5) is 5.69 Å². The highest BCUT2D eigenvalue weighted by molar-refractivity contribution is 6.14. The highest BCUT2D eigenvalue weighted by atomic mass is 16.6. The summed E-state index contributed by atoms with van der Waals surface area (Å²) in [5, 5.41) is 19.5. The van der Waals surface area contributed by atoms with E-state index < -0.39 is 28.1 Å². The van der Waals surface area contributed by atoms with E-state index in [0.717, 1.165) is 16.9 Å². The van der Waals surface area contributed by atoms with Crippen molar-refractivity contribution in [1.29, 1.82) is 0 Å². The van der Waals surface area contributed by atoms with Gasteiger partial charge in [-0.3, -0.25) is 14.9 Å². The number of esters is 1. The van der Waals surface area contributed by atoms with Gasteiger partial charge in [0.1, 0.15) is 5.56 Å². The maximum absolute atomic E-state index is 13.2. The van der Waals surface area contributed by atoms with Crippen molar-refractivity contribution in [2.45, 2.75) is 33.6 Å². The molecule has 162 valence electrons. The van der Waals surface area contributed by atoms with E-state index in [-0.39, 0.29) is 42.2 Å². The number of hydrogen-bond donors (Lipinski definition) is 0. The van der Waals surface area contributed by atoms with E-state index in [1.54, 1.807) is 20.8 Å². The molecule has 0 saturated heterocycles. The Morgan fingerprint density at radius 3 is 2.27 bits per heavy atom. The molecule has 2 aromatic rings. The number of nitro groups is 1. The summed E-state index contributed by atoms with van der Waals surface area (Å²) in [5.41, 5.74) is -1.67. The number of nitrogens with zero attached hydrogens (tertiary/aromatic N) is 4. The van der Waals surface area contributed by atoms with Gasteiger partial charge in [-0.2, -0.15) is 4.80 Å². The Kier molecular flexibility index (Phi) is 7.42. The molecule has 0 amide bonds. The van der Waals surface area contributed by atoms with Crippen LogP contribution in [0.15, 0.2) is 12.1 Å². The summed E-state index contributed by atoms with van der Waals surface area (Å²) in [5.74, 6) is -1.62. The largest absolute Gasteiger partial charge is 0.493 e. The minimum Gasteiger partial charge on any atom is -0.493 e. The van der Waals surface area contributed by atoms with E-state index in [1.807, 2.05) is 0 Å². The molecular formula is C18H22N4O8. The van der Waals surface area contributed by atoms with Crippen molar-refractivity contribution in [2.75, 3.05) is 20.8 Å². The zero-order chi connectivity index (χ0) is 22.4. The van der Waals surface area contributed by atoms with E-state index in [4.69, 9.17) is 18.9 Å². The zero-order valence-corrected chi connectivity index (χ0v) is 17.2. The third-order valence-corrected chi connectivity index (χ3v) is 3.81. The van der Waals surface area contributed by atoms with Gasteiger partial charge in [0.2, 0.25) is 11.5 Å². The predicted octanol–water partition coefficient (Wildman–Crippen LogP) is 1.99. The lowest BCUT2D eigenvalue weighted by Crippen LogP contribution is -2.14. The van der Waals surface area contributed by atoms with Crippen molar-refractivity contribution in [3.8, 4) is 11.5 Å².